The molecule has 2 rings (SSSR count). The number of aromatic hydroxyl groups is 1. The van der Waals surface area contributed by atoms with Crippen LogP contribution in [0.25, 0.3) is 6.08 Å². The van der Waals surface area contributed by atoms with Crippen LogP contribution in [0.2, 0.25) is 0 Å². The van der Waals surface area contributed by atoms with Gasteiger partial charge in [0.25, 0.3) is 5.91 Å². The van der Waals surface area contributed by atoms with E-state index in [-0.39, 0.29) is 11.7 Å². The van der Waals surface area contributed by atoms with Crippen molar-refractivity contribution in [1.29, 1.82) is 0 Å². The third-order valence-electron chi connectivity index (χ3n) is 3.09. The molecule has 0 spiro atoms. The monoisotopic (exact) mass is 320 g/mol. The summed E-state index contributed by atoms with van der Waals surface area (Å²) < 4.78 is 5.43. The first-order valence-electron chi connectivity index (χ1n) is 7.32. The fraction of sp³-hybridized carbons (Fsp3) is 0.375. The highest BCUT2D eigenvalue weighted by Crippen LogP contribution is 2.34. The zero-order chi connectivity index (χ0) is 16.1. The third kappa shape index (κ3) is 3.44. The lowest BCUT2D eigenvalue weighted by Gasteiger charge is -2.11. The van der Waals surface area contributed by atoms with Gasteiger partial charge in [-0.15, -0.1) is 0 Å². The number of amides is 1. The molecule has 1 fully saturated rings. The highest BCUT2D eigenvalue weighted by atomic mass is 32.2. The Bertz CT molecular complexity index is 626. The second kappa shape index (κ2) is 7.35. The van der Waals surface area contributed by atoms with E-state index >= 15 is 0 Å². The molecule has 1 N–H and O–H groups in total. The smallest absolute Gasteiger partial charge is 0.266 e. The molecule has 1 aliphatic heterocycles. The molecule has 0 radical (unpaired) electrons. The first-order valence-corrected chi connectivity index (χ1v) is 8.14. The number of aliphatic imine (C=N–C) groups is 1. The fourth-order valence-electron chi connectivity index (χ4n) is 2.09. The normalized spacial score (nSPS) is 18.5. The number of carbonyl (C=O) groups excluding carboxylic acids is 1. The average Bonchev–Trinajstić information content (AvgIpc) is 2.79. The van der Waals surface area contributed by atoms with Crippen molar-refractivity contribution in [1.82, 2.24) is 4.90 Å². The molecule has 0 aromatic heterocycles. The van der Waals surface area contributed by atoms with Gasteiger partial charge in [-0.05, 0) is 56.8 Å². The van der Waals surface area contributed by atoms with E-state index < -0.39 is 0 Å². The summed E-state index contributed by atoms with van der Waals surface area (Å²) >= 11 is 1.33. The van der Waals surface area contributed by atoms with Crippen LogP contribution in [0.3, 0.4) is 0 Å². The molecule has 0 bridgehead atoms. The molecule has 1 aromatic carbocycles. The molecule has 1 aromatic rings. The number of hydrogen-bond acceptors (Lipinski definition) is 5. The van der Waals surface area contributed by atoms with Crippen molar-refractivity contribution in [3.8, 4) is 11.5 Å². The number of rotatable bonds is 5. The minimum atomic E-state index is -0.0825. The van der Waals surface area contributed by atoms with Crippen LogP contribution in [0.1, 0.15) is 26.3 Å². The summed E-state index contributed by atoms with van der Waals surface area (Å²) in [7, 11) is 0. The Labute approximate surface area is 134 Å². The van der Waals surface area contributed by atoms with Crippen LogP contribution in [0.4, 0.5) is 0 Å². The van der Waals surface area contributed by atoms with Crippen LogP contribution in [0.5, 0.6) is 11.5 Å². The van der Waals surface area contributed by atoms with E-state index in [9.17, 15) is 9.90 Å². The first-order chi connectivity index (χ1) is 10.6. The topological polar surface area (TPSA) is 62.1 Å². The van der Waals surface area contributed by atoms with Crippen LogP contribution in [-0.2, 0) is 4.79 Å². The van der Waals surface area contributed by atoms with Crippen LogP contribution < -0.4 is 4.74 Å². The summed E-state index contributed by atoms with van der Waals surface area (Å²) in [6.07, 6.45) is 1.69. The Balaban J connectivity index is 2.35. The highest BCUT2D eigenvalue weighted by molar-refractivity contribution is 8.18. The minimum Gasteiger partial charge on any atom is -0.507 e. The number of hydrogen-bond donors (Lipinski definition) is 1. The molecular weight excluding hydrogens is 300 g/mol. The van der Waals surface area contributed by atoms with Gasteiger partial charge in [-0.2, -0.15) is 0 Å². The maximum absolute atomic E-state index is 12.4. The molecule has 1 amide bonds. The SMILES string of the molecule is CCN=C1S/C(=C\c2cc(OCC)ccc2O)C(=O)N1CC. The summed E-state index contributed by atoms with van der Waals surface area (Å²) in [4.78, 5) is 18.9. The van der Waals surface area contributed by atoms with Crippen LogP contribution >= 0.6 is 11.8 Å². The van der Waals surface area contributed by atoms with E-state index in [4.69, 9.17) is 4.74 Å². The van der Waals surface area contributed by atoms with Gasteiger partial charge in [0.05, 0.1) is 11.5 Å². The zero-order valence-corrected chi connectivity index (χ0v) is 13.8. The van der Waals surface area contributed by atoms with Gasteiger partial charge in [0, 0.05) is 18.7 Å². The Morgan fingerprint density at radius 3 is 2.77 bits per heavy atom. The Morgan fingerprint density at radius 2 is 2.14 bits per heavy atom. The molecule has 0 saturated carbocycles. The predicted octanol–water partition coefficient (Wildman–Crippen LogP) is 3.10. The number of thioether (sulfide) groups is 1. The van der Waals surface area contributed by atoms with Crippen molar-refractivity contribution < 1.29 is 14.6 Å². The van der Waals surface area contributed by atoms with Gasteiger partial charge in [-0.3, -0.25) is 14.7 Å². The van der Waals surface area contributed by atoms with Crippen molar-refractivity contribution in [3.63, 3.8) is 0 Å². The largest absolute Gasteiger partial charge is 0.507 e. The Morgan fingerprint density at radius 1 is 1.36 bits per heavy atom. The molecule has 1 saturated heterocycles. The molecule has 22 heavy (non-hydrogen) atoms. The van der Waals surface area contributed by atoms with E-state index in [1.807, 2.05) is 20.8 Å². The molecule has 118 valence electrons. The van der Waals surface area contributed by atoms with Crippen molar-refractivity contribution in [3.05, 3.63) is 28.7 Å². The van der Waals surface area contributed by atoms with Crippen LogP contribution in [-0.4, -0.2) is 40.8 Å². The van der Waals surface area contributed by atoms with Gasteiger partial charge in [-0.1, -0.05) is 0 Å². The molecule has 0 atom stereocenters. The molecule has 1 aliphatic rings. The molecule has 1 heterocycles. The maximum Gasteiger partial charge on any atom is 0.266 e. The number of likely N-dealkylation sites (N-methyl/N-ethyl adjacent to an activating group) is 1. The van der Waals surface area contributed by atoms with Crippen molar-refractivity contribution >= 4 is 28.9 Å². The number of carbonyl (C=O) groups is 1. The van der Waals surface area contributed by atoms with E-state index in [1.54, 1.807) is 29.2 Å². The van der Waals surface area contributed by atoms with Gasteiger partial charge in [0.2, 0.25) is 0 Å². The van der Waals surface area contributed by atoms with Gasteiger partial charge in [-0.25, -0.2) is 0 Å². The molecular formula is C16H20N2O3S. The summed E-state index contributed by atoms with van der Waals surface area (Å²) in [6.45, 7) is 7.50. The lowest BCUT2D eigenvalue weighted by Crippen LogP contribution is -2.28. The lowest BCUT2D eigenvalue weighted by atomic mass is 10.1. The number of ether oxygens (including phenoxy) is 1. The lowest BCUT2D eigenvalue weighted by molar-refractivity contribution is -0.122. The summed E-state index contributed by atoms with van der Waals surface area (Å²) in [5.74, 6) is 0.701. The van der Waals surface area contributed by atoms with E-state index in [0.29, 0.717) is 41.1 Å². The number of nitrogens with zero attached hydrogens (tertiary/aromatic N) is 2. The fourth-order valence-corrected chi connectivity index (χ4v) is 3.18. The highest BCUT2D eigenvalue weighted by Gasteiger charge is 2.31. The Kier molecular flexibility index (Phi) is 5.49. The third-order valence-corrected chi connectivity index (χ3v) is 4.14. The minimum absolute atomic E-state index is 0.0825. The van der Waals surface area contributed by atoms with Gasteiger partial charge in [0.1, 0.15) is 11.5 Å². The summed E-state index contributed by atoms with van der Waals surface area (Å²) in [6, 6.07) is 5.00. The predicted molar refractivity (Wildman–Crippen MR) is 90.2 cm³/mol. The quantitative estimate of drug-likeness (QED) is 0.847. The van der Waals surface area contributed by atoms with Crippen LogP contribution in [0, 0.1) is 0 Å². The van der Waals surface area contributed by atoms with Gasteiger partial charge in [0.15, 0.2) is 5.17 Å². The average molecular weight is 320 g/mol. The number of phenols is 1. The van der Waals surface area contributed by atoms with Crippen molar-refractivity contribution in [2.75, 3.05) is 19.7 Å². The zero-order valence-electron chi connectivity index (χ0n) is 13.0. The Hall–Kier alpha value is -1.95. The number of phenolic OH excluding ortho intramolecular Hbond substituents is 1. The summed E-state index contributed by atoms with van der Waals surface area (Å²) in [5, 5.41) is 10.7. The molecule has 0 unspecified atom stereocenters. The van der Waals surface area contributed by atoms with Gasteiger partial charge >= 0.3 is 0 Å². The summed E-state index contributed by atoms with van der Waals surface area (Å²) in [5.41, 5.74) is 0.565. The number of benzene rings is 1. The van der Waals surface area contributed by atoms with E-state index in [1.165, 1.54) is 11.8 Å². The first kappa shape index (κ1) is 16.4. The molecule has 5 nitrogen and oxygen atoms in total. The second-order valence-corrected chi connectivity index (χ2v) is 5.58. The van der Waals surface area contributed by atoms with Crippen LogP contribution in [0.15, 0.2) is 28.1 Å². The second-order valence-electron chi connectivity index (χ2n) is 4.57. The standard InChI is InChI=1S/C16H20N2O3S/c1-4-17-16-18(5-2)15(20)14(22-16)10-11-9-12(21-6-3)7-8-13(11)19/h7-10,19H,4-6H2,1-3H3/b14-10-,17-16?. The van der Waals surface area contributed by atoms with E-state index in [2.05, 4.69) is 4.99 Å². The molecule has 0 aliphatic carbocycles. The van der Waals surface area contributed by atoms with Crippen molar-refractivity contribution in [2.24, 2.45) is 4.99 Å². The van der Waals surface area contributed by atoms with E-state index in [0.717, 1.165) is 0 Å². The van der Waals surface area contributed by atoms with Gasteiger partial charge < -0.3 is 9.84 Å². The number of amidine groups is 1. The van der Waals surface area contributed by atoms with Crippen molar-refractivity contribution in [2.45, 2.75) is 20.8 Å². The maximum atomic E-state index is 12.4. The molecule has 6 heteroatoms.